The highest BCUT2D eigenvalue weighted by Gasteiger charge is 2.49. The van der Waals surface area contributed by atoms with Gasteiger partial charge in [0.25, 0.3) is 0 Å². The Morgan fingerprint density at radius 1 is 1.19 bits per heavy atom. The van der Waals surface area contributed by atoms with Gasteiger partial charge in [-0.15, -0.1) is 0 Å². The van der Waals surface area contributed by atoms with Crippen LogP contribution in [0.4, 0.5) is 5.82 Å². The molecule has 1 aromatic carbocycles. The van der Waals surface area contributed by atoms with E-state index in [1.807, 2.05) is 0 Å². The zero-order chi connectivity index (χ0) is 18.3. The molecule has 3 fully saturated rings. The molecule has 6 nitrogen and oxygen atoms in total. The minimum atomic E-state index is -0.211. The molecule has 1 aromatic heterocycles. The average Bonchev–Trinajstić information content (AvgIpc) is 3.25. The van der Waals surface area contributed by atoms with E-state index in [4.69, 9.17) is 4.74 Å². The van der Waals surface area contributed by atoms with Crippen LogP contribution in [0.2, 0.25) is 0 Å². The molecule has 144 valence electrons. The second-order valence-electron chi connectivity index (χ2n) is 8.05. The van der Waals surface area contributed by atoms with Gasteiger partial charge in [-0.25, -0.2) is 0 Å². The van der Waals surface area contributed by atoms with Crippen molar-refractivity contribution in [2.75, 3.05) is 50.7 Å². The highest BCUT2D eigenvalue weighted by Crippen LogP contribution is 2.41. The second kappa shape index (κ2) is 7.04. The smallest absolute Gasteiger partial charge is 0.312 e. The fourth-order valence-corrected chi connectivity index (χ4v) is 5.58. The first-order chi connectivity index (χ1) is 13.2. The van der Waals surface area contributed by atoms with Crippen LogP contribution in [0.25, 0.3) is 10.1 Å². The first-order valence-electron chi connectivity index (χ1n) is 9.97. The van der Waals surface area contributed by atoms with Gasteiger partial charge in [-0.3, -0.25) is 9.69 Å². The molecule has 0 radical (unpaired) electrons. The Hall–Kier alpha value is -1.70. The number of fused-ring (bicyclic) bond motifs is 1. The average molecular weight is 387 g/mol. The lowest BCUT2D eigenvalue weighted by atomic mass is 9.76. The minimum Gasteiger partial charge on any atom is -0.461 e. The number of ether oxygens (including phenoxy) is 1. The molecule has 0 bridgehead atoms. The molecule has 1 atom stereocenters. The maximum absolute atomic E-state index is 12.5. The van der Waals surface area contributed by atoms with Crippen molar-refractivity contribution in [3.05, 3.63) is 24.3 Å². The van der Waals surface area contributed by atoms with Crippen LogP contribution >= 0.6 is 11.5 Å². The lowest BCUT2D eigenvalue weighted by molar-refractivity contribution is -0.150. The normalized spacial score (nSPS) is 26.0. The summed E-state index contributed by atoms with van der Waals surface area (Å²) >= 11 is 1.58. The first kappa shape index (κ1) is 17.4. The van der Waals surface area contributed by atoms with Gasteiger partial charge < -0.3 is 15.0 Å². The highest BCUT2D eigenvalue weighted by molar-refractivity contribution is 7.13. The number of carbonyl (C=O) groups excluding carboxylic acids is 1. The second-order valence-corrected chi connectivity index (χ2v) is 8.86. The lowest BCUT2D eigenvalue weighted by Crippen LogP contribution is -2.48. The van der Waals surface area contributed by atoms with Gasteiger partial charge in [-0.2, -0.15) is 4.37 Å². The number of nitrogens with one attached hydrogen (secondary N) is 1. The Labute approximate surface area is 163 Å². The number of rotatable bonds is 3. The Balaban J connectivity index is 1.19. The van der Waals surface area contributed by atoms with E-state index in [9.17, 15) is 4.79 Å². The van der Waals surface area contributed by atoms with Crippen molar-refractivity contribution in [3.8, 4) is 0 Å². The van der Waals surface area contributed by atoms with Crippen LogP contribution in [0.3, 0.4) is 0 Å². The molecule has 7 heteroatoms. The van der Waals surface area contributed by atoms with E-state index in [0.29, 0.717) is 0 Å². The van der Waals surface area contributed by atoms with Gasteiger partial charge in [0, 0.05) is 44.5 Å². The Morgan fingerprint density at radius 2 is 1.96 bits per heavy atom. The van der Waals surface area contributed by atoms with Crippen molar-refractivity contribution in [2.24, 2.45) is 5.41 Å². The third-order valence-corrected chi connectivity index (χ3v) is 7.19. The summed E-state index contributed by atoms with van der Waals surface area (Å²) in [6.45, 7) is 6.67. The SMILES string of the molecule is O=C1OC(CN2CCN(c3nsc4ccccc34)CC2)CC12CCNCC2. The summed E-state index contributed by atoms with van der Waals surface area (Å²) in [6, 6.07) is 8.45. The highest BCUT2D eigenvalue weighted by atomic mass is 32.1. The van der Waals surface area contributed by atoms with Crippen molar-refractivity contribution < 1.29 is 9.53 Å². The van der Waals surface area contributed by atoms with Crippen molar-refractivity contribution >= 4 is 33.4 Å². The zero-order valence-corrected chi connectivity index (χ0v) is 16.3. The van der Waals surface area contributed by atoms with Crippen LogP contribution < -0.4 is 10.2 Å². The third-order valence-electron chi connectivity index (χ3n) is 6.38. The van der Waals surface area contributed by atoms with Gasteiger partial charge >= 0.3 is 5.97 Å². The molecule has 3 aliphatic heterocycles. The number of benzene rings is 1. The molecule has 0 amide bonds. The summed E-state index contributed by atoms with van der Waals surface area (Å²) in [6.07, 6.45) is 2.80. The summed E-state index contributed by atoms with van der Waals surface area (Å²) in [5.74, 6) is 1.16. The predicted molar refractivity (Wildman–Crippen MR) is 107 cm³/mol. The molecule has 0 aliphatic carbocycles. The zero-order valence-electron chi connectivity index (χ0n) is 15.5. The van der Waals surface area contributed by atoms with E-state index in [2.05, 4.69) is 43.8 Å². The summed E-state index contributed by atoms with van der Waals surface area (Å²) < 4.78 is 11.7. The quantitative estimate of drug-likeness (QED) is 0.816. The number of nitrogens with zero attached hydrogens (tertiary/aromatic N) is 3. The van der Waals surface area contributed by atoms with Crippen LogP contribution in [0, 0.1) is 5.41 Å². The number of aromatic nitrogens is 1. The molecule has 5 rings (SSSR count). The Morgan fingerprint density at radius 3 is 2.78 bits per heavy atom. The molecular formula is C20H26N4O2S. The molecular weight excluding hydrogens is 360 g/mol. The van der Waals surface area contributed by atoms with E-state index >= 15 is 0 Å². The lowest BCUT2D eigenvalue weighted by Gasteiger charge is -2.36. The molecule has 27 heavy (non-hydrogen) atoms. The first-order valence-corrected chi connectivity index (χ1v) is 10.7. The molecule has 2 aromatic rings. The van der Waals surface area contributed by atoms with Crippen LogP contribution in [0.1, 0.15) is 19.3 Å². The molecule has 1 N–H and O–H groups in total. The number of esters is 1. The van der Waals surface area contributed by atoms with Crippen molar-refractivity contribution in [2.45, 2.75) is 25.4 Å². The number of hydrogen-bond acceptors (Lipinski definition) is 7. The number of anilines is 1. The Bertz CT molecular complexity index is 824. The van der Waals surface area contributed by atoms with Gasteiger partial charge in [0.15, 0.2) is 0 Å². The van der Waals surface area contributed by atoms with Crippen LogP contribution in [-0.2, 0) is 9.53 Å². The van der Waals surface area contributed by atoms with Crippen molar-refractivity contribution in [1.29, 1.82) is 0 Å². The van der Waals surface area contributed by atoms with E-state index in [-0.39, 0.29) is 17.5 Å². The van der Waals surface area contributed by atoms with Crippen molar-refractivity contribution in [1.82, 2.24) is 14.6 Å². The third kappa shape index (κ3) is 3.22. The number of carbonyl (C=O) groups is 1. The predicted octanol–water partition coefficient (Wildman–Crippen LogP) is 2.10. The number of piperidine rings is 1. The van der Waals surface area contributed by atoms with Crippen LogP contribution in [0.5, 0.6) is 0 Å². The topological polar surface area (TPSA) is 57.7 Å². The Kier molecular flexibility index (Phi) is 4.53. The molecule has 0 saturated carbocycles. The summed E-state index contributed by atoms with van der Waals surface area (Å²) in [5.41, 5.74) is -0.211. The van der Waals surface area contributed by atoms with Gasteiger partial charge in [0.2, 0.25) is 0 Å². The number of hydrogen-bond donors (Lipinski definition) is 1. The van der Waals surface area contributed by atoms with E-state index in [1.165, 1.54) is 10.1 Å². The molecule has 4 heterocycles. The molecule has 3 aliphatic rings. The number of cyclic esters (lactones) is 1. The maximum Gasteiger partial charge on any atom is 0.312 e. The summed E-state index contributed by atoms with van der Waals surface area (Å²) in [7, 11) is 0. The molecule has 1 unspecified atom stereocenters. The van der Waals surface area contributed by atoms with Gasteiger partial charge in [-0.05, 0) is 49.6 Å². The molecule has 3 saturated heterocycles. The van der Waals surface area contributed by atoms with E-state index in [0.717, 1.165) is 70.9 Å². The maximum atomic E-state index is 12.5. The summed E-state index contributed by atoms with van der Waals surface area (Å²) in [4.78, 5) is 17.3. The molecule has 1 spiro atoms. The van der Waals surface area contributed by atoms with Gasteiger partial charge in [0.1, 0.15) is 11.9 Å². The fraction of sp³-hybridized carbons (Fsp3) is 0.600. The van der Waals surface area contributed by atoms with Crippen molar-refractivity contribution in [3.63, 3.8) is 0 Å². The van der Waals surface area contributed by atoms with Gasteiger partial charge in [-0.1, -0.05) is 12.1 Å². The van der Waals surface area contributed by atoms with E-state index < -0.39 is 0 Å². The summed E-state index contributed by atoms with van der Waals surface area (Å²) in [5, 5.41) is 4.61. The minimum absolute atomic E-state index is 0.0431. The monoisotopic (exact) mass is 386 g/mol. The number of piperazine rings is 1. The van der Waals surface area contributed by atoms with Crippen LogP contribution in [-0.4, -0.2) is 67.2 Å². The standard InChI is InChI=1S/C20H26N4O2S/c25-19-20(5-7-21-8-6-20)13-15(26-19)14-23-9-11-24(12-10-23)18-16-3-1-2-4-17(16)27-22-18/h1-4,15,21H,5-14H2. The van der Waals surface area contributed by atoms with E-state index in [1.54, 1.807) is 11.5 Å². The fourth-order valence-electron chi connectivity index (χ4n) is 4.78. The largest absolute Gasteiger partial charge is 0.461 e. The van der Waals surface area contributed by atoms with Crippen LogP contribution in [0.15, 0.2) is 24.3 Å². The van der Waals surface area contributed by atoms with Gasteiger partial charge in [0.05, 0.1) is 10.1 Å².